The third-order valence-corrected chi connectivity index (χ3v) is 0.333. The Morgan fingerprint density at radius 1 is 0.857 bits per heavy atom. The van der Waals surface area contributed by atoms with E-state index in [1.807, 2.05) is 26.0 Å². The Labute approximate surface area is 75.0 Å². The van der Waals surface area contributed by atoms with Gasteiger partial charge in [-0.25, -0.2) is 0 Å². The number of hydrogen-bond donors (Lipinski definition) is 0. The van der Waals surface area contributed by atoms with Crippen molar-refractivity contribution in [2.75, 3.05) is 0 Å². The predicted molar refractivity (Wildman–Crippen MR) is 26.2 cm³/mol. The molecule has 0 aromatic rings. The first kappa shape index (κ1) is 24.2. The summed E-state index contributed by atoms with van der Waals surface area (Å²) in [7, 11) is 0. The molecule has 0 bridgehead atoms. The molecular formula is C4H8Cl2Sb-2. The molecule has 0 saturated carbocycles. The van der Waals surface area contributed by atoms with Crippen molar-refractivity contribution in [3.05, 3.63) is 12.2 Å². The second-order valence-corrected chi connectivity index (χ2v) is 0.667. The molecule has 0 aliphatic heterocycles. The van der Waals surface area contributed by atoms with Gasteiger partial charge in [0.15, 0.2) is 0 Å². The molecule has 0 amide bonds. The largest absolute Gasteiger partial charge is 1.00 e. The van der Waals surface area contributed by atoms with E-state index in [0.29, 0.717) is 0 Å². The molecule has 0 nitrogen and oxygen atoms in total. The van der Waals surface area contributed by atoms with E-state index in [0.717, 1.165) is 0 Å². The minimum atomic E-state index is 0. The molecule has 0 fully saturated rings. The molecule has 0 atom stereocenters. The summed E-state index contributed by atoms with van der Waals surface area (Å²) < 4.78 is 0. The van der Waals surface area contributed by atoms with E-state index in [4.69, 9.17) is 0 Å². The molecule has 0 aliphatic rings. The van der Waals surface area contributed by atoms with Crippen LogP contribution in [-0.4, -0.2) is 24.4 Å². The van der Waals surface area contributed by atoms with Crippen LogP contribution < -0.4 is 24.8 Å². The molecule has 0 N–H and O–H groups in total. The molecule has 0 saturated heterocycles. The zero-order valence-corrected chi connectivity index (χ0v) is 8.42. The van der Waals surface area contributed by atoms with E-state index < -0.39 is 0 Å². The van der Waals surface area contributed by atoms with Crippen molar-refractivity contribution >= 4 is 24.4 Å². The van der Waals surface area contributed by atoms with Crippen LogP contribution in [0.4, 0.5) is 0 Å². The van der Waals surface area contributed by atoms with Crippen molar-refractivity contribution in [2.24, 2.45) is 0 Å². The molecule has 0 aliphatic carbocycles. The van der Waals surface area contributed by atoms with E-state index in [1.54, 1.807) is 0 Å². The number of rotatable bonds is 0. The van der Waals surface area contributed by atoms with Crippen molar-refractivity contribution in [3.63, 3.8) is 0 Å². The van der Waals surface area contributed by atoms with Gasteiger partial charge < -0.3 is 24.8 Å². The first-order chi connectivity index (χ1) is 1.91. The van der Waals surface area contributed by atoms with Gasteiger partial charge >= 0.3 is 0 Å². The van der Waals surface area contributed by atoms with Gasteiger partial charge in [-0.2, -0.15) is 0 Å². The Bertz CT molecular complexity index is 24.9. The fourth-order valence-corrected chi connectivity index (χ4v) is 0. The molecule has 0 spiro atoms. The van der Waals surface area contributed by atoms with Gasteiger partial charge in [0.05, 0.1) is 0 Å². The molecule has 7 heavy (non-hydrogen) atoms. The molecular weight excluding hydrogens is 241 g/mol. The van der Waals surface area contributed by atoms with E-state index in [9.17, 15) is 0 Å². The zero-order chi connectivity index (χ0) is 3.41. The summed E-state index contributed by atoms with van der Waals surface area (Å²) in [4.78, 5) is 0. The number of allylic oxidation sites excluding steroid dienone is 2. The maximum Gasteiger partial charge on any atom is 0 e. The van der Waals surface area contributed by atoms with Gasteiger partial charge in [-0.1, -0.05) is 12.2 Å². The Kier molecular flexibility index (Phi) is 94.5. The summed E-state index contributed by atoms with van der Waals surface area (Å²) in [5.41, 5.74) is 0. The molecule has 3 radical (unpaired) electrons. The molecule has 0 aromatic carbocycles. The number of hydrogen-bond acceptors (Lipinski definition) is 0. The molecule has 45 valence electrons. The van der Waals surface area contributed by atoms with Crippen LogP contribution in [0, 0.1) is 0 Å². The van der Waals surface area contributed by atoms with Gasteiger partial charge in [-0.3, -0.25) is 0 Å². The first-order valence-electron chi connectivity index (χ1n) is 1.49. The molecule has 0 aromatic heterocycles. The van der Waals surface area contributed by atoms with Crippen molar-refractivity contribution in [2.45, 2.75) is 13.8 Å². The van der Waals surface area contributed by atoms with Gasteiger partial charge in [0.1, 0.15) is 0 Å². The number of halogens is 2. The van der Waals surface area contributed by atoms with Crippen LogP contribution >= 0.6 is 0 Å². The van der Waals surface area contributed by atoms with E-state index in [2.05, 4.69) is 0 Å². The Hall–Kier alpha value is 1.14. The quantitative estimate of drug-likeness (QED) is 0.298. The minimum absolute atomic E-state index is 0. The summed E-state index contributed by atoms with van der Waals surface area (Å²) in [6.07, 6.45) is 4.00. The van der Waals surface area contributed by atoms with Gasteiger partial charge in [0, 0.05) is 24.4 Å². The second kappa shape index (κ2) is 27.3. The van der Waals surface area contributed by atoms with Gasteiger partial charge in [-0.15, -0.1) is 0 Å². The van der Waals surface area contributed by atoms with Crippen molar-refractivity contribution < 1.29 is 24.8 Å². The average molecular weight is 249 g/mol. The minimum Gasteiger partial charge on any atom is -1.00 e. The standard InChI is InChI=1S/C4H8.2ClH.Sb/c1-3-4-2;;;/h3-4H,1-2H3;2*1H;/p-2/b4-3+;;;. The second-order valence-electron chi connectivity index (χ2n) is 0.667. The van der Waals surface area contributed by atoms with Crippen LogP contribution in [0.3, 0.4) is 0 Å². The van der Waals surface area contributed by atoms with Crippen LogP contribution in [0.25, 0.3) is 0 Å². The van der Waals surface area contributed by atoms with Gasteiger partial charge in [0.25, 0.3) is 0 Å². The van der Waals surface area contributed by atoms with E-state index >= 15 is 0 Å². The van der Waals surface area contributed by atoms with Crippen LogP contribution in [-0.2, 0) is 0 Å². The maximum absolute atomic E-state index is 2.00. The molecule has 0 rings (SSSR count). The van der Waals surface area contributed by atoms with Crippen molar-refractivity contribution in [1.82, 2.24) is 0 Å². The van der Waals surface area contributed by atoms with Gasteiger partial charge in [-0.05, 0) is 13.8 Å². The fourth-order valence-electron chi connectivity index (χ4n) is 0. The Balaban J connectivity index is -0.0000000150. The van der Waals surface area contributed by atoms with E-state index in [-0.39, 0.29) is 49.2 Å². The monoisotopic (exact) mass is 247 g/mol. The zero-order valence-electron chi connectivity index (χ0n) is 4.36. The van der Waals surface area contributed by atoms with Crippen LogP contribution in [0.15, 0.2) is 12.2 Å². The van der Waals surface area contributed by atoms with Gasteiger partial charge in [0.2, 0.25) is 0 Å². The molecule has 0 unspecified atom stereocenters. The summed E-state index contributed by atoms with van der Waals surface area (Å²) in [6, 6.07) is 0. The SMILES string of the molecule is C/C=C/C.[Cl-].[Cl-].[Sb]. The smallest absolute Gasteiger partial charge is 0 e. The summed E-state index contributed by atoms with van der Waals surface area (Å²) in [5.74, 6) is 0. The average Bonchev–Trinajstić information content (AvgIpc) is 1.37. The first-order valence-corrected chi connectivity index (χ1v) is 1.49. The summed E-state index contributed by atoms with van der Waals surface area (Å²) in [5, 5.41) is 0. The fraction of sp³-hybridized carbons (Fsp3) is 0.500. The van der Waals surface area contributed by atoms with Crippen LogP contribution in [0.5, 0.6) is 0 Å². The predicted octanol–water partition coefficient (Wildman–Crippen LogP) is -4.79. The van der Waals surface area contributed by atoms with Crippen molar-refractivity contribution in [3.8, 4) is 0 Å². The third kappa shape index (κ3) is 41.2. The van der Waals surface area contributed by atoms with E-state index in [1.165, 1.54) is 0 Å². The molecule has 3 heteroatoms. The van der Waals surface area contributed by atoms with Crippen molar-refractivity contribution in [1.29, 1.82) is 0 Å². The summed E-state index contributed by atoms with van der Waals surface area (Å²) in [6.45, 7) is 4.00. The summed E-state index contributed by atoms with van der Waals surface area (Å²) >= 11 is 0. The third-order valence-electron chi connectivity index (χ3n) is 0.333. The van der Waals surface area contributed by atoms with Crippen LogP contribution in [0.1, 0.15) is 13.8 Å². The Morgan fingerprint density at radius 2 is 1.00 bits per heavy atom. The Morgan fingerprint density at radius 3 is 1.00 bits per heavy atom. The molecule has 0 heterocycles. The maximum atomic E-state index is 2.00. The topological polar surface area (TPSA) is 0 Å². The normalized spacial score (nSPS) is 5.43. The van der Waals surface area contributed by atoms with Crippen LogP contribution in [0.2, 0.25) is 0 Å².